The number of carbonyl (C=O) groups is 1. The van der Waals surface area contributed by atoms with Crippen molar-refractivity contribution in [1.82, 2.24) is 4.90 Å². The van der Waals surface area contributed by atoms with E-state index in [4.69, 9.17) is 5.11 Å². The molecule has 0 unspecified atom stereocenters. The third-order valence-electron chi connectivity index (χ3n) is 3.36. The minimum absolute atomic E-state index is 0.0556. The van der Waals surface area contributed by atoms with Crippen LogP contribution in [0.3, 0.4) is 0 Å². The molecule has 0 saturated heterocycles. The van der Waals surface area contributed by atoms with Crippen molar-refractivity contribution >= 4 is 5.91 Å². The highest BCUT2D eigenvalue weighted by Crippen LogP contribution is 2.10. The highest BCUT2D eigenvalue weighted by atomic mass is 16.3. The van der Waals surface area contributed by atoms with Gasteiger partial charge in [0.2, 0.25) is 5.91 Å². The standard InChI is InChI=1S/C15H31NO2/c1-3-4-5-6-7-8-9-10-11-12-15(18)16(2)13-14-17/h17H,3-14H2,1-2H3. The molecule has 0 aromatic rings. The normalized spacial score (nSPS) is 10.6. The van der Waals surface area contributed by atoms with Gasteiger partial charge in [-0.3, -0.25) is 4.79 Å². The van der Waals surface area contributed by atoms with Crippen molar-refractivity contribution in [2.45, 2.75) is 71.1 Å². The zero-order chi connectivity index (χ0) is 13.6. The summed E-state index contributed by atoms with van der Waals surface area (Å²) in [6, 6.07) is 0. The minimum atomic E-state index is 0.0556. The van der Waals surface area contributed by atoms with Crippen molar-refractivity contribution in [2.24, 2.45) is 0 Å². The lowest BCUT2D eigenvalue weighted by Crippen LogP contribution is -2.29. The second-order valence-electron chi connectivity index (χ2n) is 5.12. The number of aliphatic hydroxyl groups is 1. The van der Waals surface area contributed by atoms with Crippen LogP contribution in [0.1, 0.15) is 71.1 Å². The Balaban J connectivity index is 3.22. The van der Waals surface area contributed by atoms with Gasteiger partial charge in [0.1, 0.15) is 0 Å². The van der Waals surface area contributed by atoms with E-state index in [0.717, 1.165) is 12.8 Å². The van der Waals surface area contributed by atoms with E-state index in [1.807, 2.05) is 0 Å². The number of nitrogens with zero attached hydrogens (tertiary/aromatic N) is 1. The van der Waals surface area contributed by atoms with Gasteiger partial charge in [-0.15, -0.1) is 0 Å². The Hall–Kier alpha value is -0.570. The van der Waals surface area contributed by atoms with E-state index < -0.39 is 0 Å². The van der Waals surface area contributed by atoms with Crippen LogP contribution in [0.2, 0.25) is 0 Å². The molecule has 0 aliphatic rings. The first-order valence-electron chi connectivity index (χ1n) is 7.57. The van der Waals surface area contributed by atoms with Crippen LogP contribution < -0.4 is 0 Å². The second kappa shape index (κ2) is 12.9. The Bertz CT molecular complexity index is 195. The summed E-state index contributed by atoms with van der Waals surface area (Å²) in [7, 11) is 1.76. The van der Waals surface area contributed by atoms with Crippen LogP contribution in [0, 0.1) is 0 Å². The van der Waals surface area contributed by atoms with Crippen molar-refractivity contribution in [3.05, 3.63) is 0 Å². The van der Waals surface area contributed by atoms with Gasteiger partial charge in [0.25, 0.3) is 0 Å². The van der Waals surface area contributed by atoms with Crippen molar-refractivity contribution in [3.63, 3.8) is 0 Å². The lowest BCUT2D eigenvalue weighted by molar-refractivity contribution is -0.130. The summed E-state index contributed by atoms with van der Waals surface area (Å²) in [6.07, 6.45) is 12.1. The Morgan fingerprint density at radius 3 is 1.94 bits per heavy atom. The highest BCUT2D eigenvalue weighted by molar-refractivity contribution is 5.75. The number of likely N-dealkylation sites (N-methyl/N-ethyl adjacent to an activating group) is 1. The molecule has 18 heavy (non-hydrogen) atoms. The summed E-state index contributed by atoms with van der Waals surface area (Å²) in [4.78, 5) is 13.2. The van der Waals surface area contributed by atoms with E-state index >= 15 is 0 Å². The molecule has 0 aromatic heterocycles. The number of carbonyl (C=O) groups excluding carboxylic acids is 1. The Morgan fingerprint density at radius 1 is 0.944 bits per heavy atom. The van der Waals surface area contributed by atoms with E-state index in [2.05, 4.69) is 6.92 Å². The first-order valence-corrected chi connectivity index (χ1v) is 7.57. The first kappa shape index (κ1) is 17.4. The number of unbranched alkanes of at least 4 members (excludes halogenated alkanes) is 8. The number of rotatable bonds is 12. The largest absolute Gasteiger partial charge is 0.395 e. The van der Waals surface area contributed by atoms with Gasteiger partial charge >= 0.3 is 0 Å². The summed E-state index contributed by atoms with van der Waals surface area (Å²) in [5.41, 5.74) is 0. The summed E-state index contributed by atoms with van der Waals surface area (Å²) in [5.74, 6) is 0.159. The van der Waals surface area contributed by atoms with E-state index in [0.29, 0.717) is 13.0 Å². The molecule has 0 aliphatic carbocycles. The summed E-state index contributed by atoms with van der Waals surface area (Å²) in [6.45, 7) is 2.75. The molecule has 0 saturated carbocycles. The monoisotopic (exact) mass is 257 g/mol. The molecule has 3 heteroatoms. The van der Waals surface area contributed by atoms with Crippen molar-refractivity contribution in [3.8, 4) is 0 Å². The molecule has 0 fully saturated rings. The lowest BCUT2D eigenvalue weighted by Gasteiger charge is -2.15. The predicted octanol–water partition coefficient (Wildman–Crippen LogP) is 3.36. The minimum Gasteiger partial charge on any atom is -0.395 e. The van der Waals surface area contributed by atoms with Gasteiger partial charge in [-0.2, -0.15) is 0 Å². The maximum absolute atomic E-state index is 11.6. The fourth-order valence-corrected chi connectivity index (χ4v) is 2.05. The van der Waals surface area contributed by atoms with E-state index in [9.17, 15) is 4.79 Å². The van der Waals surface area contributed by atoms with Crippen LogP contribution in [0.25, 0.3) is 0 Å². The molecule has 108 valence electrons. The molecule has 0 spiro atoms. The maximum Gasteiger partial charge on any atom is 0.222 e. The zero-order valence-corrected chi connectivity index (χ0v) is 12.3. The van der Waals surface area contributed by atoms with Gasteiger partial charge < -0.3 is 10.0 Å². The van der Waals surface area contributed by atoms with E-state index in [1.54, 1.807) is 11.9 Å². The van der Waals surface area contributed by atoms with Gasteiger partial charge in [0, 0.05) is 20.0 Å². The molecule has 1 N–H and O–H groups in total. The number of hydrogen-bond acceptors (Lipinski definition) is 2. The SMILES string of the molecule is CCCCCCCCCCCC(=O)N(C)CCO. The van der Waals surface area contributed by atoms with E-state index in [-0.39, 0.29) is 12.5 Å². The molecule has 0 atom stereocenters. The number of hydrogen-bond donors (Lipinski definition) is 1. The average molecular weight is 257 g/mol. The average Bonchev–Trinajstić information content (AvgIpc) is 2.36. The van der Waals surface area contributed by atoms with Crippen LogP contribution in [0.5, 0.6) is 0 Å². The first-order chi connectivity index (χ1) is 8.72. The van der Waals surface area contributed by atoms with Gasteiger partial charge in [0.15, 0.2) is 0 Å². The fraction of sp³-hybridized carbons (Fsp3) is 0.933. The highest BCUT2D eigenvalue weighted by Gasteiger charge is 2.06. The summed E-state index contributed by atoms with van der Waals surface area (Å²) in [5, 5.41) is 8.72. The van der Waals surface area contributed by atoms with Gasteiger partial charge in [-0.1, -0.05) is 58.3 Å². The van der Waals surface area contributed by atoms with Crippen LogP contribution in [0.15, 0.2) is 0 Å². The lowest BCUT2D eigenvalue weighted by atomic mass is 10.1. The van der Waals surface area contributed by atoms with Crippen LogP contribution >= 0.6 is 0 Å². The summed E-state index contributed by atoms with van der Waals surface area (Å²) < 4.78 is 0. The van der Waals surface area contributed by atoms with Crippen LogP contribution in [-0.2, 0) is 4.79 Å². The molecule has 0 bridgehead atoms. The molecular weight excluding hydrogens is 226 g/mol. The molecular formula is C15H31NO2. The summed E-state index contributed by atoms with van der Waals surface area (Å²) >= 11 is 0. The van der Waals surface area contributed by atoms with Gasteiger partial charge in [-0.25, -0.2) is 0 Å². The number of aliphatic hydroxyl groups excluding tert-OH is 1. The van der Waals surface area contributed by atoms with Crippen molar-refractivity contribution in [2.75, 3.05) is 20.2 Å². The third-order valence-corrected chi connectivity index (χ3v) is 3.36. The molecule has 0 aliphatic heterocycles. The zero-order valence-electron chi connectivity index (χ0n) is 12.3. The van der Waals surface area contributed by atoms with Gasteiger partial charge in [0.05, 0.1) is 6.61 Å². The van der Waals surface area contributed by atoms with Crippen molar-refractivity contribution < 1.29 is 9.90 Å². The molecule has 0 rings (SSSR count). The topological polar surface area (TPSA) is 40.5 Å². The molecule has 1 amide bonds. The molecule has 3 nitrogen and oxygen atoms in total. The Kier molecular flexibility index (Phi) is 12.5. The quantitative estimate of drug-likeness (QED) is 0.545. The van der Waals surface area contributed by atoms with Crippen LogP contribution in [0.4, 0.5) is 0 Å². The fourth-order valence-electron chi connectivity index (χ4n) is 2.05. The van der Waals surface area contributed by atoms with Crippen LogP contribution in [-0.4, -0.2) is 36.1 Å². The van der Waals surface area contributed by atoms with Crippen molar-refractivity contribution in [1.29, 1.82) is 0 Å². The third kappa shape index (κ3) is 10.6. The van der Waals surface area contributed by atoms with Gasteiger partial charge in [-0.05, 0) is 6.42 Å². The maximum atomic E-state index is 11.6. The second-order valence-corrected chi connectivity index (χ2v) is 5.12. The van der Waals surface area contributed by atoms with E-state index in [1.165, 1.54) is 44.9 Å². The number of amides is 1. The Labute approximate surface area is 113 Å². The molecule has 0 radical (unpaired) electrons. The molecule has 0 aromatic carbocycles. The Morgan fingerprint density at radius 2 is 1.44 bits per heavy atom. The smallest absolute Gasteiger partial charge is 0.222 e. The predicted molar refractivity (Wildman–Crippen MR) is 76.6 cm³/mol. The molecule has 0 heterocycles.